The molecule has 0 fully saturated rings. The number of anilines is 1. The Morgan fingerprint density at radius 1 is 1.32 bits per heavy atom. The van der Waals surface area contributed by atoms with Gasteiger partial charge in [0.05, 0.1) is 5.02 Å². The second-order valence-corrected chi connectivity index (χ2v) is 4.41. The van der Waals surface area contributed by atoms with Crippen LogP contribution in [0.2, 0.25) is 5.02 Å². The van der Waals surface area contributed by atoms with E-state index in [1.807, 2.05) is 0 Å². The van der Waals surface area contributed by atoms with Gasteiger partial charge in [-0.2, -0.15) is 0 Å². The first-order valence-corrected chi connectivity index (χ1v) is 5.81. The number of benzene rings is 1. The van der Waals surface area contributed by atoms with Crippen LogP contribution in [-0.2, 0) is 0 Å². The zero-order chi connectivity index (χ0) is 14.0. The molecule has 98 valence electrons. The van der Waals surface area contributed by atoms with Crippen molar-refractivity contribution in [2.24, 2.45) is 0 Å². The maximum absolute atomic E-state index is 13.0. The summed E-state index contributed by atoms with van der Waals surface area (Å²) >= 11 is 5.61. The lowest BCUT2D eigenvalue weighted by Gasteiger charge is -2.06. The topological polar surface area (TPSA) is 62.0 Å². The number of rotatable bonds is 2. The molecule has 2 rings (SSSR count). The quantitative estimate of drug-likeness (QED) is 0.888. The van der Waals surface area contributed by atoms with E-state index in [1.54, 1.807) is 13.0 Å². The fraction of sp³-hybridized carbons (Fsp3) is 0.0769. The molecule has 0 bridgehead atoms. The summed E-state index contributed by atoms with van der Waals surface area (Å²) < 4.78 is 13.0. The Labute approximate surface area is 113 Å². The molecule has 2 aromatic rings. The van der Waals surface area contributed by atoms with E-state index in [0.717, 1.165) is 6.07 Å². The third-order valence-electron chi connectivity index (χ3n) is 2.42. The molecule has 0 unspecified atom stereocenters. The molecule has 0 aliphatic rings. The summed E-state index contributed by atoms with van der Waals surface area (Å²) in [4.78, 5) is 25.7. The minimum Gasteiger partial charge on any atom is -0.326 e. The monoisotopic (exact) mass is 280 g/mol. The number of carbonyl (C=O) groups excluding carboxylic acids is 1. The molecule has 4 nitrogen and oxygen atoms in total. The normalized spacial score (nSPS) is 10.3. The minimum atomic E-state index is -0.563. The van der Waals surface area contributed by atoms with Crippen molar-refractivity contribution in [3.8, 4) is 0 Å². The third kappa shape index (κ3) is 3.20. The van der Waals surface area contributed by atoms with E-state index >= 15 is 0 Å². The van der Waals surface area contributed by atoms with E-state index in [0.29, 0.717) is 11.4 Å². The number of nitrogens with one attached hydrogen (secondary N) is 2. The zero-order valence-electron chi connectivity index (χ0n) is 9.96. The number of H-pyrrole nitrogens is 1. The third-order valence-corrected chi connectivity index (χ3v) is 2.71. The summed E-state index contributed by atoms with van der Waals surface area (Å²) in [5.41, 5.74) is 0.799. The molecule has 1 aromatic heterocycles. The maximum Gasteiger partial charge on any atom is 0.255 e. The Morgan fingerprint density at radius 2 is 2.05 bits per heavy atom. The van der Waals surface area contributed by atoms with Gasteiger partial charge >= 0.3 is 0 Å². The van der Waals surface area contributed by atoms with Crippen LogP contribution < -0.4 is 10.9 Å². The first kappa shape index (κ1) is 13.3. The van der Waals surface area contributed by atoms with Crippen molar-refractivity contribution in [1.29, 1.82) is 0 Å². The summed E-state index contributed by atoms with van der Waals surface area (Å²) in [7, 11) is 0. The van der Waals surface area contributed by atoms with Crippen molar-refractivity contribution in [1.82, 2.24) is 4.98 Å². The number of aryl methyl sites for hydroxylation is 1. The van der Waals surface area contributed by atoms with Crippen LogP contribution >= 0.6 is 11.6 Å². The minimum absolute atomic E-state index is 0.0834. The largest absolute Gasteiger partial charge is 0.326 e. The lowest BCUT2D eigenvalue weighted by Crippen LogP contribution is -2.16. The molecule has 1 heterocycles. The molecule has 19 heavy (non-hydrogen) atoms. The van der Waals surface area contributed by atoms with Crippen molar-refractivity contribution in [3.63, 3.8) is 0 Å². The highest BCUT2D eigenvalue weighted by atomic mass is 35.5. The van der Waals surface area contributed by atoms with Gasteiger partial charge in [0.1, 0.15) is 5.82 Å². The van der Waals surface area contributed by atoms with E-state index in [4.69, 9.17) is 11.6 Å². The molecule has 0 aliphatic heterocycles. The number of hydrogen-bond acceptors (Lipinski definition) is 2. The van der Waals surface area contributed by atoms with Crippen LogP contribution in [0.15, 0.2) is 35.1 Å². The molecule has 0 saturated carbocycles. The fourth-order valence-corrected chi connectivity index (χ4v) is 1.77. The van der Waals surface area contributed by atoms with Crippen LogP contribution in [0.5, 0.6) is 0 Å². The number of aromatic nitrogens is 1. The van der Waals surface area contributed by atoms with Crippen molar-refractivity contribution < 1.29 is 9.18 Å². The van der Waals surface area contributed by atoms with Gasteiger partial charge in [0.25, 0.3) is 5.91 Å². The molecule has 0 saturated heterocycles. The highest BCUT2D eigenvalue weighted by Gasteiger charge is 2.09. The van der Waals surface area contributed by atoms with E-state index in [9.17, 15) is 14.0 Å². The highest BCUT2D eigenvalue weighted by molar-refractivity contribution is 6.31. The fourth-order valence-electron chi connectivity index (χ4n) is 1.59. The molecular formula is C13H10ClFN2O2. The van der Waals surface area contributed by atoms with Crippen LogP contribution in [-0.4, -0.2) is 10.9 Å². The molecule has 6 heteroatoms. The molecule has 0 aliphatic carbocycles. The Balaban J connectivity index is 2.25. The van der Waals surface area contributed by atoms with Gasteiger partial charge in [0.15, 0.2) is 0 Å². The molecule has 2 N–H and O–H groups in total. The van der Waals surface area contributed by atoms with Gasteiger partial charge in [0.2, 0.25) is 5.56 Å². The first-order valence-electron chi connectivity index (χ1n) is 5.43. The van der Waals surface area contributed by atoms with E-state index < -0.39 is 11.7 Å². The van der Waals surface area contributed by atoms with Crippen molar-refractivity contribution in [2.45, 2.75) is 6.92 Å². The number of halogens is 2. The van der Waals surface area contributed by atoms with Crippen molar-refractivity contribution >= 4 is 23.2 Å². The standard InChI is InChI=1S/C13H10ClFN2O2/c1-7-4-8(5-12(18)16-7)13(19)17-9-2-3-11(15)10(14)6-9/h2-6H,1H3,(H,16,18)(H,17,19). The van der Waals surface area contributed by atoms with E-state index in [2.05, 4.69) is 10.3 Å². The molecule has 0 atom stereocenters. The van der Waals surface area contributed by atoms with Gasteiger partial charge in [-0.3, -0.25) is 9.59 Å². The average molecular weight is 281 g/mol. The van der Waals surface area contributed by atoms with Crippen molar-refractivity contribution in [3.05, 3.63) is 62.8 Å². The number of pyridine rings is 1. The lowest BCUT2D eigenvalue weighted by molar-refractivity contribution is 0.102. The zero-order valence-corrected chi connectivity index (χ0v) is 10.7. The maximum atomic E-state index is 13.0. The Hall–Kier alpha value is -2.14. The van der Waals surface area contributed by atoms with E-state index in [1.165, 1.54) is 18.2 Å². The van der Waals surface area contributed by atoms with Gasteiger partial charge in [0, 0.05) is 23.0 Å². The van der Waals surface area contributed by atoms with Crippen molar-refractivity contribution in [2.75, 3.05) is 5.32 Å². The molecule has 1 amide bonds. The Bertz CT molecular complexity index is 697. The lowest BCUT2D eigenvalue weighted by atomic mass is 10.2. The summed E-state index contributed by atoms with van der Waals surface area (Å²) in [6.45, 7) is 1.67. The van der Waals surface area contributed by atoms with Crippen LogP contribution in [0.25, 0.3) is 0 Å². The van der Waals surface area contributed by atoms with Gasteiger partial charge in [-0.1, -0.05) is 11.6 Å². The van der Waals surface area contributed by atoms with Gasteiger partial charge < -0.3 is 10.3 Å². The van der Waals surface area contributed by atoms with Gasteiger partial charge in [-0.15, -0.1) is 0 Å². The van der Waals surface area contributed by atoms with E-state index in [-0.39, 0.29) is 16.1 Å². The SMILES string of the molecule is Cc1cc(C(=O)Nc2ccc(F)c(Cl)c2)cc(=O)[nH]1. The predicted molar refractivity (Wildman–Crippen MR) is 71.2 cm³/mol. The Kier molecular flexibility index (Phi) is 3.66. The van der Waals surface area contributed by atoms with Crippen LogP contribution in [0.3, 0.4) is 0 Å². The smallest absolute Gasteiger partial charge is 0.255 e. The average Bonchev–Trinajstić information content (AvgIpc) is 2.32. The summed E-state index contributed by atoms with van der Waals surface area (Å²) in [6.07, 6.45) is 0. The second-order valence-electron chi connectivity index (χ2n) is 4.00. The van der Waals surface area contributed by atoms with Crippen LogP contribution in [0, 0.1) is 12.7 Å². The summed E-state index contributed by atoms with van der Waals surface area (Å²) in [5, 5.41) is 2.45. The molecule has 0 radical (unpaired) electrons. The summed E-state index contributed by atoms with van der Waals surface area (Å²) in [6, 6.07) is 6.57. The number of amides is 1. The second kappa shape index (κ2) is 5.24. The van der Waals surface area contributed by atoms with Crippen LogP contribution in [0.1, 0.15) is 16.1 Å². The molecule has 0 spiro atoms. The Morgan fingerprint density at radius 3 is 2.68 bits per heavy atom. The molecular weight excluding hydrogens is 271 g/mol. The molecule has 1 aromatic carbocycles. The predicted octanol–water partition coefficient (Wildman–Crippen LogP) is 2.73. The summed E-state index contributed by atoms with van der Waals surface area (Å²) in [5.74, 6) is -1.02. The highest BCUT2D eigenvalue weighted by Crippen LogP contribution is 2.19. The number of hydrogen-bond donors (Lipinski definition) is 2. The van der Waals surface area contributed by atoms with Gasteiger partial charge in [-0.25, -0.2) is 4.39 Å². The number of carbonyl (C=O) groups is 1. The van der Waals surface area contributed by atoms with Crippen LogP contribution in [0.4, 0.5) is 10.1 Å². The number of aromatic amines is 1. The first-order chi connectivity index (χ1) is 8.95. The van der Waals surface area contributed by atoms with Gasteiger partial charge in [-0.05, 0) is 31.2 Å².